The van der Waals surface area contributed by atoms with E-state index in [-0.39, 0.29) is 16.5 Å². The maximum Gasteiger partial charge on any atom is 0.416 e. The Hall–Kier alpha value is -3.25. The second kappa shape index (κ2) is 8.71. The van der Waals surface area contributed by atoms with Crippen molar-refractivity contribution in [1.29, 1.82) is 0 Å². The number of halogens is 5. The molecule has 4 aromatic rings. The smallest absolute Gasteiger partial charge is 0.324 e. The Bertz CT molecular complexity index is 1300. The van der Waals surface area contributed by atoms with Crippen LogP contribution in [-0.2, 0) is 11.0 Å². The number of alkyl halides is 3. The molecular weight excluding hydrogens is 472 g/mol. The highest BCUT2D eigenvalue weighted by molar-refractivity contribution is 8.00. The van der Waals surface area contributed by atoms with Gasteiger partial charge < -0.3 is 5.32 Å². The summed E-state index contributed by atoms with van der Waals surface area (Å²) in [5.74, 6) is -1.17. The van der Waals surface area contributed by atoms with Crippen LogP contribution in [0, 0.1) is 5.82 Å². The molecule has 0 unspecified atom stereocenters. The first-order valence-electron chi connectivity index (χ1n) is 8.84. The van der Waals surface area contributed by atoms with Crippen molar-refractivity contribution >= 4 is 46.1 Å². The van der Waals surface area contributed by atoms with Gasteiger partial charge in [0.2, 0.25) is 5.91 Å². The number of fused-ring (bicyclic) bond motifs is 1. The van der Waals surface area contributed by atoms with Gasteiger partial charge in [0.15, 0.2) is 11.2 Å². The number of nitrogens with one attached hydrogen (secondary N) is 1. The number of hydrogen-bond donors (Lipinski definition) is 1. The minimum Gasteiger partial charge on any atom is -0.324 e. The van der Waals surface area contributed by atoms with Crippen molar-refractivity contribution in [3.8, 4) is 5.69 Å². The Morgan fingerprint density at radius 1 is 1.12 bits per heavy atom. The SMILES string of the molecule is O=C(CSc1ncnc2c1nnn2-c1ccc(F)cc1)Nc1cc(C(F)(F)F)ccc1Cl. The molecule has 7 nitrogen and oxygen atoms in total. The third-order valence-electron chi connectivity index (χ3n) is 4.18. The zero-order valence-electron chi connectivity index (χ0n) is 15.8. The molecule has 0 radical (unpaired) electrons. The van der Waals surface area contributed by atoms with Crippen LogP contribution in [0.3, 0.4) is 0 Å². The molecule has 2 aromatic carbocycles. The van der Waals surface area contributed by atoms with Gasteiger partial charge >= 0.3 is 6.18 Å². The number of benzene rings is 2. The predicted molar refractivity (Wildman–Crippen MR) is 110 cm³/mol. The quantitative estimate of drug-likeness (QED) is 0.251. The maximum atomic E-state index is 13.2. The average molecular weight is 483 g/mol. The molecule has 1 N–H and O–H groups in total. The molecule has 0 fully saturated rings. The first-order valence-corrected chi connectivity index (χ1v) is 10.2. The van der Waals surface area contributed by atoms with Crippen LogP contribution in [0.1, 0.15) is 5.56 Å². The molecule has 32 heavy (non-hydrogen) atoms. The zero-order chi connectivity index (χ0) is 22.9. The summed E-state index contributed by atoms with van der Waals surface area (Å²) in [4.78, 5) is 20.5. The van der Waals surface area contributed by atoms with E-state index in [1.54, 1.807) is 0 Å². The predicted octanol–water partition coefficient (Wildman–Crippen LogP) is 4.75. The summed E-state index contributed by atoms with van der Waals surface area (Å²) in [7, 11) is 0. The van der Waals surface area contributed by atoms with E-state index in [0.717, 1.165) is 30.0 Å². The Labute approximate surface area is 186 Å². The van der Waals surface area contributed by atoms with Crippen molar-refractivity contribution in [3.05, 3.63) is 65.2 Å². The number of aromatic nitrogens is 5. The minimum atomic E-state index is -4.57. The third-order valence-corrected chi connectivity index (χ3v) is 5.49. The van der Waals surface area contributed by atoms with Gasteiger partial charge in [-0.15, -0.1) is 5.10 Å². The van der Waals surface area contributed by atoms with Crippen molar-refractivity contribution in [1.82, 2.24) is 25.0 Å². The monoisotopic (exact) mass is 482 g/mol. The molecule has 0 spiro atoms. The van der Waals surface area contributed by atoms with Gasteiger partial charge in [-0.1, -0.05) is 28.6 Å². The largest absolute Gasteiger partial charge is 0.416 e. The average Bonchev–Trinajstić information content (AvgIpc) is 3.18. The summed E-state index contributed by atoms with van der Waals surface area (Å²) in [5.41, 5.74) is 0.101. The van der Waals surface area contributed by atoms with E-state index in [9.17, 15) is 22.4 Å². The molecule has 0 aliphatic heterocycles. The van der Waals surface area contributed by atoms with E-state index >= 15 is 0 Å². The standard InChI is InChI=1S/C19H11ClF4N6OS/c20-13-6-1-10(19(22,23)24)7-14(13)27-15(31)8-32-18-16-17(25-9-26-18)30(29-28-16)12-4-2-11(21)3-5-12/h1-7,9H,8H2,(H,27,31). The summed E-state index contributed by atoms with van der Waals surface area (Å²) < 4.78 is 53.2. The van der Waals surface area contributed by atoms with Crippen molar-refractivity contribution in [2.75, 3.05) is 11.1 Å². The zero-order valence-corrected chi connectivity index (χ0v) is 17.3. The van der Waals surface area contributed by atoms with E-state index < -0.39 is 23.5 Å². The van der Waals surface area contributed by atoms with Crippen LogP contribution in [0.2, 0.25) is 5.02 Å². The molecule has 0 aliphatic rings. The molecule has 4 rings (SSSR count). The molecule has 164 valence electrons. The van der Waals surface area contributed by atoms with Crippen molar-refractivity contribution in [3.63, 3.8) is 0 Å². The number of anilines is 1. The molecular formula is C19H11ClF4N6OS. The normalized spacial score (nSPS) is 11.7. The van der Waals surface area contributed by atoms with E-state index in [4.69, 9.17) is 11.6 Å². The summed E-state index contributed by atoms with van der Waals surface area (Å²) in [5, 5.41) is 10.7. The van der Waals surface area contributed by atoms with Crippen LogP contribution in [0.4, 0.5) is 23.2 Å². The number of hydrogen-bond acceptors (Lipinski definition) is 6. The van der Waals surface area contributed by atoms with Crippen LogP contribution in [0.5, 0.6) is 0 Å². The Morgan fingerprint density at radius 3 is 2.59 bits per heavy atom. The Kier molecular flexibility index (Phi) is 5.98. The fourth-order valence-electron chi connectivity index (χ4n) is 2.71. The first-order chi connectivity index (χ1) is 15.2. The van der Waals surface area contributed by atoms with Crippen LogP contribution < -0.4 is 5.32 Å². The third kappa shape index (κ3) is 4.65. The van der Waals surface area contributed by atoms with E-state index in [2.05, 4.69) is 25.6 Å². The van der Waals surface area contributed by atoms with Crippen molar-refractivity contribution in [2.45, 2.75) is 11.2 Å². The van der Waals surface area contributed by atoms with Crippen LogP contribution in [0.25, 0.3) is 16.9 Å². The number of amides is 1. The highest BCUT2D eigenvalue weighted by Crippen LogP contribution is 2.34. The van der Waals surface area contributed by atoms with Crippen LogP contribution in [0.15, 0.2) is 53.8 Å². The number of nitrogens with zero attached hydrogens (tertiary/aromatic N) is 5. The van der Waals surface area contributed by atoms with E-state index in [1.807, 2.05) is 0 Å². The summed E-state index contributed by atoms with van der Waals surface area (Å²) in [6.45, 7) is 0. The highest BCUT2D eigenvalue weighted by atomic mass is 35.5. The van der Waals surface area contributed by atoms with Crippen LogP contribution in [-0.4, -0.2) is 36.6 Å². The van der Waals surface area contributed by atoms with Gasteiger partial charge in [0.25, 0.3) is 0 Å². The van der Waals surface area contributed by atoms with Gasteiger partial charge in [-0.25, -0.2) is 14.4 Å². The molecule has 2 heterocycles. The van der Waals surface area contributed by atoms with Gasteiger partial charge in [0.05, 0.1) is 27.7 Å². The molecule has 0 saturated heterocycles. The highest BCUT2D eigenvalue weighted by Gasteiger charge is 2.31. The number of thioether (sulfide) groups is 1. The first kappa shape index (κ1) is 22.0. The Balaban J connectivity index is 1.50. The number of carbonyl (C=O) groups excluding carboxylic acids is 1. The van der Waals surface area contributed by atoms with Gasteiger partial charge in [0, 0.05) is 0 Å². The fourth-order valence-corrected chi connectivity index (χ4v) is 3.60. The Morgan fingerprint density at radius 2 is 1.88 bits per heavy atom. The lowest BCUT2D eigenvalue weighted by molar-refractivity contribution is -0.137. The molecule has 2 aromatic heterocycles. The summed E-state index contributed by atoms with van der Waals surface area (Å²) >= 11 is 6.90. The molecule has 0 atom stereocenters. The fraction of sp³-hybridized carbons (Fsp3) is 0.105. The van der Waals surface area contributed by atoms with Crippen molar-refractivity contribution in [2.24, 2.45) is 0 Å². The summed E-state index contributed by atoms with van der Waals surface area (Å²) in [6, 6.07) is 8.20. The topological polar surface area (TPSA) is 85.6 Å². The van der Waals surface area contributed by atoms with E-state index in [0.29, 0.717) is 21.9 Å². The van der Waals surface area contributed by atoms with Crippen LogP contribution >= 0.6 is 23.4 Å². The second-order valence-corrected chi connectivity index (χ2v) is 7.73. The van der Waals surface area contributed by atoms with E-state index in [1.165, 1.54) is 35.3 Å². The summed E-state index contributed by atoms with van der Waals surface area (Å²) in [6.07, 6.45) is -3.31. The van der Waals surface area contributed by atoms with Crippen molar-refractivity contribution < 1.29 is 22.4 Å². The second-order valence-electron chi connectivity index (χ2n) is 6.36. The minimum absolute atomic E-state index is 0.0250. The number of carbonyl (C=O) groups is 1. The van der Waals surface area contributed by atoms with Gasteiger partial charge in [0.1, 0.15) is 17.2 Å². The molecule has 0 saturated carbocycles. The molecule has 13 heteroatoms. The van der Waals surface area contributed by atoms with Gasteiger partial charge in [-0.2, -0.15) is 17.9 Å². The lowest BCUT2D eigenvalue weighted by Crippen LogP contribution is -2.15. The van der Waals surface area contributed by atoms with Gasteiger partial charge in [-0.05, 0) is 42.5 Å². The number of rotatable bonds is 5. The molecule has 0 bridgehead atoms. The molecule has 1 amide bonds. The molecule has 0 aliphatic carbocycles. The van der Waals surface area contributed by atoms with Gasteiger partial charge in [-0.3, -0.25) is 4.79 Å². The maximum absolute atomic E-state index is 13.2. The lowest BCUT2D eigenvalue weighted by Gasteiger charge is -2.11. The lowest BCUT2D eigenvalue weighted by atomic mass is 10.2.